The zero-order valence-corrected chi connectivity index (χ0v) is 13.4. The lowest BCUT2D eigenvalue weighted by Gasteiger charge is -2.18. The Morgan fingerprint density at radius 2 is 1.96 bits per heavy atom. The van der Waals surface area contributed by atoms with Crippen LogP contribution >= 0.6 is 0 Å². The van der Waals surface area contributed by atoms with Gasteiger partial charge in [-0.1, -0.05) is 12.1 Å². The van der Waals surface area contributed by atoms with Crippen LogP contribution in [0.4, 0.5) is 25.0 Å². The van der Waals surface area contributed by atoms with Gasteiger partial charge in [0.2, 0.25) is 0 Å². The maximum Gasteiger partial charge on any atom is 0.321 e. The fourth-order valence-corrected chi connectivity index (χ4v) is 2.84. The SMILES string of the molecule is CCNC(=O)N1CCc2ccc(NCc3c(F)cccc3F)cc21. The third-order valence-corrected chi connectivity index (χ3v) is 4.08. The van der Waals surface area contributed by atoms with Gasteiger partial charge in [-0.25, -0.2) is 13.6 Å². The number of halogens is 2. The van der Waals surface area contributed by atoms with E-state index in [0.717, 1.165) is 17.7 Å². The van der Waals surface area contributed by atoms with Gasteiger partial charge in [-0.05, 0) is 43.2 Å². The van der Waals surface area contributed by atoms with Crippen LogP contribution in [0.15, 0.2) is 36.4 Å². The molecule has 0 aromatic heterocycles. The number of fused-ring (bicyclic) bond motifs is 1. The summed E-state index contributed by atoms with van der Waals surface area (Å²) in [6.07, 6.45) is 0.800. The van der Waals surface area contributed by atoms with E-state index >= 15 is 0 Å². The average molecular weight is 331 g/mol. The van der Waals surface area contributed by atoms with E-state index < -0.39 is 11.6 Å². The Balaban J connectivity index is 1.77. The predicted octanol–water partition coefficient (Wildman–Crippen LogP) is 3.67. The van der Waals surface area contributed by atoms with Crippen LogP contribution in [0.5, 0.6) is 0 Å². The minimum absolute atomic E-state index is 0.00131. The lowest BCUT2D eigenvalue weighted by molar-refractivity contribution is 0.247. The second kappa shape index (κ2) is 6.86. The Bertz CT molecular complexity index is 744. The van der Waals surface area contributed by atoms with Crippen molar-refractivity contribution in [3.63, 3.8) is 0 Å². The summed E-state index contributed by atoms with van der Waals surface area (Å²) in [6, 6.07) is 9.32. The van der Waals surface area contributed by atoms with Crippen molar-refractivity contribution >= 4 is 17.4 Å². The number of hydrogen-bond acceptors (Lipinski definition) is 2. The molecule has 0 bridgehead atoms. The first-order valence-corrected chi connectivity index (χ1v) is 7.95. The molecule has 2 aromatic carbocycles. The monoisotopic (exact) mass is 331 g/mol. The fourth-order valence-electron chi connectivity index (χ4n) is 2.84. The van der Waals surface area contributed by atoms with Gasteiger partial charge in [0.25, 0.3) is 0 Å². The van der Waals surface area contributed by atoms with Crippen molar-refractivity contribution in [3.8, 4) is 0 Å². The van der Waals surface area contributed by atoms with Crippen molar-refractivity contribution in [1.82, 2.24) is 5.32 Å². The number of carbonyl (C=O) groups excluding carboxylic acids is 1. The standard InChI is InChI=1S/C18H19F2N3O/c1-2-21-18(24)23-9-8-12-6-7-13(10-17(12)23)22-11-14-15(19)4-3-5-16(14)20/h3-7,10,22H,2,8-9,11H2,1H3,(H,21,24). The Labute approximate surface area is 139 Å². The smallest absolute Gasteiger partial charge is 0.321 e. The number of urea groups is 1. The molecule has 0 saturated carbocycles. The third-order valence-electron chi connectivity index (χ3n) is 4.08. The van der Waals surface area contributed by atoms with Crippen LogP contribution in [0.25, 0.3) is 0 Å². The van der Waals surface area contributed by atoms with E-state index in [4.69, 9.17) is 0 Å². The van der Waals surface area contributed by atoms with E-state index in [0.29, 0.717) is 18.8 Å². The first-order chi connectivity index (χ1) is 11.6. The third kappa shape index (κ3) is 3.18. The molecule has 0 atom stereocenters. The van der Waals surface area contributed by atoms with Gasteiger partial charge in [0.05, 0.1) is 5.69 Å². The number of nitrogens with zero attached hydrogens (tertiary/aromatic N) is 1. The Morgan fingerprint density at radius 1 is 1.21 bits per heavy atom. The van der Waals surface area contributed by atoms with E-state index in [1.54, 1.807) is 4.90 Å². The maximum atomic E-state index is 13.7. The number of amides is 2. The van der Waals surface area contributed by atoms with Crippen LogP contribution in [-0.4, -0.2) is 19.1 Å². The molecule has 2 amide bonds. The summed E-state index contributed by atoms with van der Waals surface area (Å²) >= 11 is 0. The minimum atomic E-state index is -0.576. The number of benzene rings is 2. The number of rotatable bonds is 4. The molecule has 2 N–H and O–H groups in total. The Hall–Kier alpha value is -2.63. The van der Waals surface area contributed by atoms with Crippen molar-refractivity contribution in [2.24, 2.45) is 0 Å². The molecule has 0 saturated heterocycles. The molecule has 0 aliphatic carbocycles. The molecule has 2 aromatic rings. The summed E-state index contributed by atoms with van der Waals surface area (Å²) in [5, 5.41) is 5.81. The molecule has 3 rings (SSSR count). The average Bonchev–Trinajstić information content (AvgIpc) is 2.98. The van der Waals surface area contributed by atoms with Crippen molar-refractivity contribution in [2.75, 3.05) is 23.3 Å². The molecule has 1 aliphatic heterocycles. The minimum Gasteiger partial charge on any atom is -0.381 e. The summed E-state index contributed by atoms with van der Waals surface area (Å²) in [4.78, 5) is 13.8. The highest BCUT2D eigenvalue weighted by molar-refractivity contribution is 5.94. The molecule has 126 valence electrons. The van der Waals surface area contributed by atoms with Gasteiger partial charge in [-0.2, -0.15) is 0 Å². The number of anilines is 2. The largest absolute Gasteiger partial charge is 0.381 e. The van der Waals surface area contributed by atoms with Crippen LogP contribution in [0.1, 0.15) is 18.1 Å². The number of hydrogen-bond donors (Lipinski definition) is 2. The van der Waals surface area contributed by atoms with E-state index in [1.807, 2.05) is 25.1 Å². The second-order valence-electron chi connectivity index (χ2n) is 5.63. The van der Waals surface area contributed by atoms with E-state index in [2.05, 4.69) is 10.6 Å². The first-order valence-electron chi connectivity index (χ1n) is 7.95. The molecule has 1 aliphatic rings. The molecule has 6 heteroatoms. The highest BCUT2D eigenvalue weighted by Gasteiger charge is 2.24. The van der Waals surface area contributed by atoms with Crippen LogP contribution in [-0.2, 0) is 13.0 Å². The van der Waals surface area contributed by atoms with Crippen LogP contribution in [0, 0.1) is 11.6 Å². The Kier molecular flexibility index (Phi) is 4.64. The lowest BCUT2D eigenvalue weighted by Crippen LogP contribution is -2.38. The Morgan fingerprint density at radius 3 is 2.67 bits per heavy atom. The van der Waals surface area contributed by atoms with E-state index in [1.165, 1.54) is 18.2 Å². The molecular weight excluding hydrogens is 312 g/mol. The van der Waals surface area contributed by atoms with Crippen molar-refractivity contribution in [1.29, 1.82) is 0 Å². The first kappa shape index (κ1) is 16.2. The van der Waals surface area contributed by atoms with Gasteiger partial charge < -0.3 is 10.6 Å². The molecule has 0 radical (unpaired) electrons. The quantitative estimate of drug-likeness (QED) is 0.898. The van der Waals surface area contributed by atoms with Gasteiger partial charge in [0, 0.05) is 30.9 Å². The summed E-state index contributed by atoms with van der Waals surface area (Å²) in [5.74, 6) is -1.15. The van der Waals surface area contributed by atoms with Gasteiger partial charge in [-0.15, -0.1) is 0 Å². The summed E-state index contributed by atoms with van der Waals surface area (Å²) < 4.78 is 27.4. The molecule has 4 nitrogen and oxygen atoms in total. The number of nitrogens with one attached hydrogen (secondary N) is 2. The summed E-state index contributed by atoms with van der Waals surface area (Å²) in [5.41, 5.74) is 2.63. The van der Waals surface area contributed by atoms with Gasteiger partial charge in [0.15, 0.2) is 0 Å². The molecule has 0 unspecified atom stereocenters. The normalized spacial score (nSPS) is 12.9. The molecule has 24 heavy (non-hydrogen) atoms. The predicted molar refractivity (Wildman–Crippen MR) is 90.2 cm³/mol. The zero-order chi connectivity index (χ0) is 17.1. The van der Waals surface area contributed by atoms with Crippen molar-refractivity contribution in [2.45, 2.75) is 19.9 Å². The highest BCUT2D eigenvalue weighted by atomic mass is 19.1. The highest BCUT2D eigenvalue weighted by Crippen LogP contribution is 2.31. The van der Waals surface area contributed by atoms with Crippen LogP contribution in [0.3, 0.4) is 0 Å². The van der Waals surface area contributed by atoms with E-state index in [9.17, 15) is 13.6 Å². The maximum absolute atomic E-state index is 13.7. The van der Waals surface area contributed by atoms with Crippen molar-refractivity contribution in [3.05, 3.63) is 59.2 Å². The molecule has 0 fully saturated rings. The number of carbonyl (C=O) groups is 1. The fraction of sp³-hybridized carbons (Fsp3) is 0.278. The second-order valence-corrected chi connectivity index (χ2v) is 5.63. The lowest BCUT2D eigenvalue weighted by atomic mass is 10.1. The summed E-state index contributed by atoms with van der Waals surface area (Å²) in [6.45, 7) is 3.11. The molecule has 1 heterocycles. The van der Waals surface area contributed by atoms with Gasteiger partial charge >= 0.3 is 6.03 Å². The van der Waals surface area contributed by atoms with Gasteiger partial charge in [-0.3, -0.25) is 4.90 Å². The van der Waals surface area contributed by atoms with Crippen LogP contribution in [0.2, 0.25) is 0 Å². The topological polar surface area (TPSA) is 44.4 Å². The van der Waals surface area contributed by atoms with Gasteiger partial charge in [0.1, 0.15) is 11.6 Å². The van der Waals surface area contributed by atoms with Crippen LogP contribution < -0.4 is 15.5 Å². The van der Waals surface area contributed by atoms with Crippen molar-refractivity contribution < 1.29 is 13.6 Å². The molecule has 0 spiro atoms. The zero-order valence-electron chi connectivity index (χ0n) is 13.4. The van der Waals surface area contributed by atoms with E-state index in [-0.39, 0.29) is 18.1 Å². The summed E-state index contributed by atoms with van der Waals surface area (Å²) in [7, 11) is 0. The molecular formula is C18H19F2N3O.